The number of hydrogen-bond donors (Lipinski definition) is 1. The Hall–Kier alpha value is -0.640. The molecule has 1 N–H and O–H groups in total. The SMILES string of the molecule is CC(C)Cc1ccc(C(O)c2cc(Br)cc(Br)c2)cc1. The summed E-state index contributed by atoms with van der Waals surface area (Å²) >= 11 is 6.90. The quantitative estimate of drug-likeness (QED) is 0.722. The van der Waals surface area contributed by atoms with Gasteiger partial charge in [-0.3, -0.25) is 0 Å². The molecule has 2 rings (SSSR count). The maximum Gasteiger partial charge on any atom is 0.104 e. The molecule has 20 heavy (non-hydrogen) atoms. The molecule has 2 aromatic rings. The van der Waals surface area contributed by atoms with Crippen LogP contribution in [0.2, 0.25) is 0 Å². The second-order valence-electron chi connectivity index (χ2n) is 5.44. The molecule has 3 heteroatoms. The van der Waals surface area contributed by atoms with Gasteiger partial charge >= 0.3 is 0 Å². The summed E-state index contributed by atoms with van der Waals surface area (Å²) in [5.74, 6) is 0.645. The van der Waals surface area contributed by atoms with Crippen molar-refractivity contribution in [3.8, 4) is 0 Å². The molecule has 0 spiro atoms. The molecule has 0 radical (unpaired) electrons. The first-order valence-corrected chi connectivity index (χ1v) is 8.27. The van der Waals surface area contributed by atoms with Gasteiger partial charge < -0.3 is 5.11 Å². The van der Waals surface area contributed by atoms with Crippen LogP contribution in [0.25, 0.3) is 0 Å². The summed E-state index contributed by atoms with van der Waals surface area (Å²) in [4.78, 5) is 0. The van der Waals surface area contributed by atoms with Crippen molar-refractivity contribution in [1.29, 1.82) is 0 Å². The normalized spacial score (nSPS) is 12.7. The molecule has 106 valence electrons. The highest BCUT2D eigenvalue weighted by Gasteiger charge is 2.12. The van der Waals surface area contributed by atoms with Gasteiger partial charge in [0.25, 0.3) is 0 Å². The number of halogens is 2. The van der Waals surface area contributed by atoms with E-state index in [1.54, 1.807) is 0 Å². The van der Waals surface area contributed by atoms with Crippen LogP contribution in [-0.4, -0.2) is 5.11 Å². The van der Waals surface area contributed by atoms with Crippen LogP contribution in [-0.2, 0) is 6.42 Å². The molecule has 1 unspecified atom stereocenters. The Kier molecular flexibility index (Phi) is 5.42. The molecule has 1 nitrogen and oxygen atoms in total. The van der Waals surface area contributed by atoms with Gasteiger partial charge in [0.2, 0.25) is 0 Å². The molecule has 0 saturated carbocycles. The van der Waals surface area contributed by atoms with E-state index in [0.29, 0.717) is 5.92 Å². The van der Waals surface area contributed by atoms with Crippen molar-refractivity contribution >= 4 is 31.9 Å². The Bertz CT molecular complexity index is 556. The number of aliphatic hydroxyl groups is 1. The van der Waals surface area contributed by atoms with Gasteiger partial charge in [0.15, 0.2) is 0 Å². The lowest BCUT2D eigenvalue weighted by Crippen LogP contribution is -2.01. The van der Waals surface area contributed by atoms with Gasteiger partial charge in [-0.2, -0.15) is 0 Å². The van der Waals surface area contributed by atoms with Gasteiger partial charge in [-0.05, 0) is 47.2 Å². The topological polar surface area (TPSA) is 20.2 Å². The van der Waals surface area contributed by atoms with E-state index in [1.807, 2.05) is 30.3 Å². The summed E-state index contributed by atoms with van der Waals surface area (Å²) in [6, 6.07) is 14.1. The number of aliphatic hydroxyl groups excluding tert-OH is 1. The third-order valence-electron chi connectivity index (χ3n) is 3.14. The average Bonchev–Trinajstić information content (AvgIpc) is 2.37. The molecular formula is C17H18Br2O. The molecule has 0 aliphatic rings. The van der Waals surface area contributed by atoms with E-state index in [-0.39, 0.29) is 0 Å². The van der Waals surface area contributed by atoms with E-state index >= 15 is 0 Å². The minimum absolute atomic E-state index is 0.600. The molecule has 2 aromatic carbocycles. The molecule has 0 aromatic heterocycles. The Labute approximate surface area is 137 Å². The maximum atomic E-state index is 10.5. The number of benzene rings is 2. The van der Waals surface area contributed by atoms with Crippen molar-refractivity contribution in [2.75, 3.05) is 0 Å². The van der Waals surface area contributed by atoms with E-state index in [0.717, 1.165) is 26.5 Å². The van der Waals surface area contributed by atoms with Crippen LogP contribution in [0.1, 0.15) is 36.6 Å². The zero-order valence-electron chi connectivity index (χ0n) is 11.6. The second kappa shape index (κ2) is 6.88. The highest BCUT2D eigenvalue weighted by atomic mass is 79.9. The Balaban J connectivity index is 2.22. The Morgan fingerprint density at radius 2 is 1.45 bits per heavy atom. The number of rotatable bonds is 4. The molecule has 0 aliphatic heterocycles. The average molecular weight is 398 g/mol. The third kappa shape index (κ3) is 4.18. The van der Waals surface area contributed by atoms with Gasteiger partial charge in [-0.1, -0.05) is 70.0 Å². The van der Waals surface area contributed by atoms with Gasteiger partial charge in [0, 0.05) is 8.95 Å². The monoisotopic (exact) mass is 396 g/mol. The summed E-state index contributed by atoms with van der Waals surface area (Å²) in [6.45, 7) is 4.42. The highest BCUT2D eigenvalue weighted by Crippen LogP contribution is 2.28. The van der Waals surface area contributed by atoms with E-state index < -0.39 is 6.10 Å². The van der Waals surface area contributed by atoms with Crippen LogP contribution < -0.4 is 0 Å². The van der Waals surface area contributed by atoms with Crippen molar-refractivity contribution in [1.82, 2.24) is 0 Å². The smallest absolute Gasteiger partial charge is 0.104 e. The standard InChI is InChI=1S/C17H18Br2O/c1-11(2)7-12-3-5-13(6-4-12)17(20)14-8-15(18)10-16(19)9-14/h3-6,8-11,17,20H,7H2,1-2H3. The first-order chi connectivity index (χ1) is 9.45. The second-order valence-corrected chi connectivity index (χ2v) is 7.28. The van der Waals surface area contributed by atoms with Gasteiger partial charge in [-0.25, -0.2) is 0 Å². The Morgan fingerprint density at radius 3 is 1.95 bits per heavy atom. The maximum absolute atomic E-state index is 10.5. The molecule has 0 aliphatic carbocycles. The fourth-order valence-electron chi connectivity index (χ4n) is 2.23. The number of hydrogen-bond acceptors (Lipinski definition) is 1. The largest absolute Gasteiger partial charge is 0.384 e. The van der Waals surface area contributed by atoms with Crippen molar-refractivity contribution in [3.05, 3.63) is 68.1 Å². The molecule has 1 atom stereocenters. The summed E-state index contributed by atoms with van der Waals surface area (Å²) in [5.41, 5.74) is 3.11. The predicted molar refractivity (Wildman–Crippen MR) is 90.9 cm³/mol. The third-order valence-corrected chi connectivity index (χ3v) is 4.06. The van der Waals surface area contributed by atoms with Gasteiger partial charge in [0.1, 0.15) is 6.10 Å². The minimum Gasteiger partial charge on any atom is -0.384 e. The van der Waals surface area contributed by atoms with Crippen LogP contribution >= 0.6 is 31.9 Å². The zero-order valence-corrected chi connectivity index (χ0v) is 14.8. The van der Waals surface area contributed by atoms with Crippen molar-refractivity contribution in [2.24, 2.45) is 5.92 Å². The molecule has 0 amide bonds. The summed E-state index contributed by atoms with van der Waals surface area (Å²) in [7, 11) is 0. The summed E-state index contributed by atoms with van der Waals surface area (Å²) < 4.78 is 1.91. The lowest BCUT2D eigenvalue weighted by atomic mass is 9.97. The highest BCUT2D eigenvalue weighted by molar-refractivity contribution is 9.11. The first kappa shape index (κ1) is 15.7. The van der Waals surface area contributed by atoms with Crippen molar-refractivity contribution < 1.29 is 5.11 Å². The lowest BCUT2D eigenvalue weighted by molar-refractivity contribution is 0.220. The lowest BCUT2D eigenvalue weighted by Gasteiger charge is -2.13. The van der Waals surface area contributed by atoms with E-state index in [2.05, 4.69) is 57.8 Å². The van der Waals surface area contributed by atoms with E-state index in [9.17, 15) is 5.11 Å². The predicted octanol–water partition coefficient (Wildman–Crippen LogP) is 5.49. The Morgan fingerprint density at radius 1 is 0.900 bits per heavy atom. The molecular weight excluding hydrogens is 380 g/mol. The fraction of sp³-hybridized carbons (Fsp3) is 0.294. The summed E-state index contributed by atoms with van der Waals surface area (Å²) in [5, 5.41) is 10.5. The van der Waals surface area contributed by atoms with Crippen LogP contribution in [0, 0.1) is 5.92 Å². The first-order valence-electron chi connectivity index (χ1n) is 6.68. The zero-order chi connectivity index (χ0) is 14.7. The van der Waals surface area contributed by atoms with E-state index in [4.69, 9.17) is 0 Å². The van der Waals surface area contributed by atoms with Crippen LogP contribution in [0.15, 0.2) is 51.4 Å². The van der Waals surface area contributed by atoms with Crippen LogP contribution in [0.3, 0.4) is 0 Å². The molecule has 0 saturated heterocycles. The minimum atomic E-state index is -0.600. The summed E-state index contributed by atoms with van der Waals surface area (Å²) in [6.07, 6.45) is 0.468. The molecule has 0 bridgehead atoms. The van der Waals surface area contributed by atoms with E-state index in [1.165, 1.54) is 5.56 Å². The molecule has 0 heterocycles. The molecule has 0 fully saturated rings. The van der Waals surface area contributed by atoms with Crippen LogP contribution in [0.4, 0.5) is 0 Å². The van der Waals surface area contributed by atoms with Crippen LogP contribution in [0.5, 0.6) is 0 Å². The van der Waals surface area contributed by atoms with Gasteiger partial charge in [-0.15, -0.1) is 0 Å². The van der Waals surface area contributed by atoms with Gasteiger partial charge in [0.05, 0.1) is 0 Å². The van der Waals surface area contributed by atoms with Crippen molar-refractivity contribution in [3.63, 3.8) is 0 Å². The fourth-order valence-corrected chi connectivity index (χ4v) is 3.56. The van der Waals surface area contributed by atoms with Crippen molar-refractivity contribution in [2.45, 2.75) is 26.4 Å².